The van der Waals surface area contributed by atoms with Gasteiger partial charge in [0.1, 0.15) is 5.52 Å². The highest BCUT2D eigenvalue weighted by molar-refractivity contribution is 7.11. The molecule has 1 N–H and O–H groups in total. The molecule has 0 spiro atoms. The molecule has 8 heteroatoms. The van der Waals surface area contributed by atoms with Crippen molar-refractivity contribution in [1.29, 1.82) is 0 Å². The van der Waals surface area contributed by atoms with E-state index in [1.807, 2.05) is 19.3 Å². The molecule has 0 bridgehead atoms. The van der Waals surface area contributed by atoms with Crippen LogP contribution in [0.3, 0.4) is 0 Å². The van der Waals surface area contributed by atoms with E-state index in [-0.39, 0.29) is 5.91 Å². The first-order chi connectivity index (χ1) is 13.1. The molecule has 1 fully saturated rings. The molecule has 0 unspecified atom stereocenters. The standard InChI is InChI=1S/C19H23N5O2S/c1-12-13(2)27-17(23-12)3-6-20-19(25)14-9-16-18(21-10-14)24(11-22-16)15-4-7-26-8-5-15/h9-11,15H,3-8H2,1-2H3,(H,20,25). The van der Waals surface area contributed by atoms with Crippen molar-refractivity contribution in [3.63, 3.8) is 0 Å². The number of carbonyl (C=O) groups is 1. The number of nitrogens with zero attached hydrogens (tertiary/aromatic N) is 4. The van der Waals surface area contributed by atoms with Crippen LogP contribution in [0.1, 0.15) is 44.8 Å². The number of amides is 1. The number of carbonyl (C=O) groups excluding carboxylic acids is 1. The minimum absolute atomic E-state index is 0.130. The molecular formula is C19H23N5O2S. The molecule has 4 heterocycles. The van der Waals surface area contributed by atoms with Crippen LogP contribution in [0.25, 0.3) is 11.2 Å². The number of imidazole rings is 1. The van der Waals surface area contributed by atoms with Gasteiger partial charge in [0, 0.05) is 43.3 Å². The van der Waals surface area contributed by atoms with Crippen LogP contribution < -0.4 is 5.32 Å². The zero-order valence-electron chi connectivity index (χ0n) is 15.6. The zero-order chi connectivity index (χ0) is 18.8. The molecule has 3 aromatic rings. The molecule has 1 aliphatic rings. The largest absolute Gasteiger partial charge is 0.381 e. The minimum atomic E-state index is -0.130. The fourth-order valence-corrected chi connectivity index (χ4v) is 4.24. The van der Waals surface area contributed by atoms with Crippen molar-refractivity contribution in [2.24, 2.45) is 0 Å². The molecule has 0 saturated carbocycles. The van der Waals surface area contributed by atoms with Gasteiger partial charge in [0.2, 0.25) is 0 Å². The van der Waals surface area contributed by atoms with E-state index < -0.39 is 0 Å². The summed E-state index contributed by atoms with van der Waals surface area (Å²) in [5.74, 6) is -0.130. The molecule has 0 aromatic carbocycles. The van der Waals surface area contributed by atoms with E-state index in [1.165, 1.54) is 4.88 Å². The predicted octanol–water partition coefficient (Wildman–Crippen LogP) is 2.83. The Balaban J connectivity index is 1.41. The highest BCUT2D eigenvalue weighted by Crippen LogP contribution is 2.24. The first-order valence-corrected chi connectivity index (χ1v) is 10.0. The molecule has 0 radical (unpaired) electrons. The molecule has 3 aromatic heterocycles. The third-order valence-corrected chi connectivity index (χ3v) is 6.09. The molecule has 0 aliphatic carbocycles. The number of nitrogens with one attached hydrogen (secondary N) is 1. The highest BCUT2D eigenvalue weighted by Gasteiger charge is 2.19. The van der Waals surface area contributed by atoms with E-state index >= 15 is 0 Å². The Morgan fingerprint density at radius 3 is 2.89 bits per heavy atom. The SMILES string of the molecule is Cc1nc(CCNC(=O)c2cnc3c(c2)ncn3C2CCOCC2)sc1C. The van der Waals surface area contributed by atoms with Gasteiger partial charge in [-0.25, -0.2) is 15.0 Å². The van der Waals surface area contributed by atoms with Crippen molar-refractivity contribution in [2.45, 2.75) is 39.2 Å². The van der Waals surface area contributed by atoms with Crippen LogP contribution in [-0.2, 0) is 11.2 Å². The van der Waals surface area contributed by atoms with E-state index in [0.717, 1.165) is 54.3 Å². The number of rotatable bonds is 5. The van der Waals surface area contributed by atoms with Gasteiger partial charge in [-0.1, -0.05) is 0 Å². The average molecular weight is 385 g/mol. The molecule has 1 aliphatic heterocycles. The van der Waals surface area contributed by atoms with Crippen LogP contribution in [0.2, 0.25) is 0 Å². The second-order valence-corrected chi connectivity index (χ2v) is 8.10. The van der Waals surface area contributed by atoms with Gasteiger partial charge < -0.3 is 14.6 Å². The second-order valence-electron chi connectivity index (χ2n) is 6.82. The maximum absolute atomic E-state index is 12.4. The average Bonchev–Trinajstić information content (AvgIpc) is 3.25. The third kappa shape index (κ3) is 3.86. The zero-order valence-corrected chi connectivity index (χ0v) is 16.4. The summed E-state index contributed by atoms with van der Waals surface area (Å²) in [5, 5.41) is 4.00. The van der Waals surface area contributed by atoms with Gasteiger partial charge >= 0.3 is 0 Å². The van der Waals surface area contributed by atoms with Crippen molar-refractivity contribution >= 4 is 28.4 Å². The molecule has 142 valence electrons. The van der Waals surface area contributed by atoms with Crippen LogP contribution in [0.4, 0.5) is 0 Å². The van der Waals surface area contributed by atoms with Gasteiger partial charge in [-0.2, -0.15) is 0 Å². The second kappa shape index (κ2) is 7.74. The first kappa shape index (κ1) is 18.1. The lowest BCUT2D eigenvalue weighted by atomic mass is 10.1. The van der Waals surface area contributed by atoms with E-state index in [4.69, 9.17) is 4.74 Å². The molecule has 1 amide bonds. The van der Waals surface area contributed by atoms with Crippen molar-refractivity contribution in [1.82, 2.24) is 24.8 Å². The van der Waals surface area contributed by atoms with E-state index in [1.54, 1.807) is 17.5 Å². The van der Waals surface area contributed by atoms with E-state index in [9.17, 15) is 4.79 Å². The predicted molar refractivity (Wildman–Crippen MR) is 104 cm³/mol. The number of pyridine rings is 1. The van der Waals surface area contributed by atoms with Crippen LogP contribution in [0.5, 0.6) is 0 Å². The maximum Gasteiger partial charge on any atom is 0.252 e. The summed E-state index contributed by atoms with van der Waals surface area (Å²) in [4.78, 5) is 27.1. The molecule has 27 heavy (non-hydrogen) atoms. The van der Waals surface area contributed by atoms with Crippen molar-refractivity contribution in [2.75, 3.05) is 19.8 Å². The lowest BCUT2D eigenvalue weighted by Gasteiger charge is -2.23. The van der Waals surface area contributed by atoms with Gasteiger partial charge in [0.15, 0.2) is 5.65 Å². The van der Waals surface area contributed by atoms with Crippen molar-refractivity contribution in [3.05, 3.63) is 39.7 Å². The lowest BCUT2D eigenvalue weighted by Crippen LogP contribution is -2.25. The quantitative estimate of drug-likeness (QED) is 0.730. The summed E-state index contributed by atoms with van der Waals surface area (Å²) in [5.41, 5.74) is 3.18. The third-order valence-electron chi connectivity index (χ3n) is 4.96. The van der Waals surface area contributed by atoms with Gasteiger partial charge in [0.25, 0.3) is 5.91 Å². The van der Waals surface area contributed by atoms with Gasteiger partial charge in [-0.15, -0.1) is 11.3 Å². The Morgan fingerprint density at radius 2 is 2.15 bits per heavy atom. The molecule has 1 saturated heterocycles. The number of thiazole rings is 1. The number of ether oxygens (including phenoxy) is 1. The summed E-state index contributed by atoms with van der Waals surface area (Å²) >= 11 is 1.68. The van der Waals surface area contributed by atoms with Crippen LogP contribution in [0, 0.1) is 13.8 Å². The monoisotopic (exact) mass is 385 g/mol. The Hall–Kier alpha value is -2.32. The van der Waals surface area contributed by atoms with E-state index in [2.05, 4.69) is 31.8 Å². The highest BCUT2D eigenvalue weighted by atomic mass is 32.1. The maximum atomic E-state index is 12.4. The summed E-state index contributed by atoms with van der Waals surface area (Å²) in [6, 6.07) is 2.17. The molecular weight excluding hydrogens is 362 g/mol. The number of hydrogen-bond donors (Lipinski definition) is 1. The van der Waals surface area contributed by atoms with Gasteiger partial charge in [-0.05, 0) is 32.8 Å². The number of aromatic nitrogens is 4. The van der Waals surface area contributed by atoms with Crippen LogP contribution in [0.15, 0.2) is 18.6 Å². The summed E-state index contributed by atoms with van der Waals surface area (Å²) in [7, 11) is 0. The van der Waals surface area contributed by atoms with Crippen LogP contribution >= 0.6 is 11.3 Å². The number of fused-ring (bicyclic) bond motifs is 1. The van der Waals surface area contributed by atoms with Gasteiger partial charge in [0.05, 0.1) is 22.6 Å². The Kier molecular flexibility index (Phi) is 5.18. The minimum Gasteiger partial charge on any atom is -0.381 e. The molecule has 4 rings (SSSR count). The fourth-order valence-electron chi connectivity index (χ4n) is 3.30. The Morgan fingerprint density at radius 1 is 1.33 bits per heavy atom. The van der Waals surface area contributed by atoms with Crippen molar-refractivity contribution < 1.29 is 9.53 Å². The number of aryl methyl sites for hydroxylation is 2. The van der Waals surface area contributed by atoms with Crippen molar-refractivity contribution in [3.8, 4) is 0 Å². The molecule has 7 nitrogen and oxygen atoms in total. The van der Waals surface area contributed by atoms with Gasteiger partial charge in [-0.3, -0.25) is 4.79 Å². The smallest absolute Gasteiger partial charge is 0.252 e. The first-order valence-electron chi connectivity index (χ1n) is 9.23. The summed E-state index contributed by atoms with van der Waals surface area (Å²) in [6.45, 7) is 6.16. The Labute approximate surface area is 161 Å². The normalized spacial score (nSPS) is 15.3. The summed E-state index contributed by atoms with van der Waals surface area (Å²) < 4.78 is 7.53. The summed E-state index contributed by atoms with van der Waals surface area (Å²) in [6.07, 6.45) is 6.12. The lowest BCUT2D eigenvalue weighted by molar-refractivity contribution is 0.0704. The topological polar surface area (TPSA) is 81.9 Å². The van der Waals surface area contributed by atoms with E-state index in [0.29, 0.717) is 18.2 Å². The molecule has 0 atom stereocenters. The van der Waals surface area contributed by atoms with Crippen LogP contribution in [-0.4, -0.2) is 45.2 Å². The Bertz CT molecular complexity index is 939. The fraction of sp³-hybridized carbons (Fsp3) is 0.474. The number of hydrogen-bond acceptors (Lipinski definition) is 6.